The van der Waals surface area contributed by atoms with Gasteiger partial charge in [0.1, 0.15) is 5.82 Å². The van der Waals surface area contributed by atoms with E-state index in [4.69, 9.17) is 11.6 Å². The first-order valence-corrected chi connectivity index (χ1v) is 10.0. The SMILES string of the molecule is O=C(CNS(=O)(=O)c1cccc(Cl)c1)NC1CCN(c2ccccn2)C1. The summed E-state index contributed by atoms with van der Waals surface area (Å²) >= 11 is 5.81. The van der Waals surface area contributed by atoms with Crippen LogP contribution in [0.4, 0.5) is 5.82 Å². The molecule has 7 nitrogen and oxygen atoms in total. The van der Waals surface area contributed by atoms with Gasteiger partial charge in [-0.1, -0.05) is 23.7 Å². The van der Waals surface area contributed by atoms with Crippen LogP contribution in [0.2, 0.25) is 5.02 Å². The molecule has 1 aromatic heterocycles. The minimum atomic E-state index is -3.78. The van der Waals surface area contributed by atoms with Crippen molar-refractivity contribution in [2.24, 2.45) is 0 Å². The van der Waals surface area contributed by atoms with E-state index in [0.29, 0.717) is 11.6 Å². The quantitative estimate of drug-likeness (QED) is 0.772. The van der Waals surface area contributed by atoms with Crippen molar-refractivity contribution in [1.29, 1.82) is 0 Å². The van der Waals surface area contributed by atoms with Gasteiger partial charge in [-0.15, -0.1) is 0 Å². The lowest BCUT2D eigenvalue weighted by Gasteiger charge is -2.17. The molecular weight excluding hydrogens is 376 g/mol. The van der Waals surface area contributed by atoms with Gasteiger partial charge in [-0.25, -0.2) is 18.1 Å². The standard InChI is InChI=1S/C17H19ClN4O3S/c18-13-4-3-5-15(10-13)26(24,25)20-11-17(23)21-14-7-9-22(12-14)16-6-1-2-8-19-16/h1-6,8,10,14,20H,7,9,11-12H2,(H,21,23). The predicted octanol–water partition coefficient (Wildman–Crippen LogP) is 1.41. The highest BCUT2D eigenvalue weighted by molar-refractivity contribution is 7.89. The zero-order valence-corrected chi connectivity index (χ0v) is 15.5. The van der Waals surface area contributed by atoms with Gasteiger partial charge in [0.05, 0.1) is 11.4 Å². The van der Waals surface area contributed by atoms with Crippen LogP contribution < -0.4 is 14.9 Å². The summed E-state index contributed by atoms with van der Waals surface area (Å²) in [6.45, 7) is 1.11. The Balaban J connectivity index is 1.50. The van der Waals surface area contributed by atoms with E-state index in [9.17, 15) is 13.2 Å². The van der Waals surface area contributed by atoms with Crippen LogP contribution in [0.1, 0.15) is 6.42 Å². The van der Waals surface area contributed by atoms with Crippen molar-refractivity contribution in [1.82, 2.24) is 15.0 Å². The number of anilines is 1. The van der Waals surface area contributed by atoms with Crippen molar-refractivity contribution >= 4 is 33.3 Å². The van der Waals surface area contributed by atoms with Gasteiger partial charge in [0, 0.05) is 30.4 Å². The molecule has 1 aliphatic heterocycles. The lowest BCUT2D eigenvalue weighted by atomic mass is 10.2. The summed E-state index contributed by atoms with van der Waals surface area (Å²) in [6, 6.07) is 11.5. The van der Waals surface area contributed by atoms with E-state index in [1.165, 1.54) is 12.1 Å². The number of hydrogen-bond donors (Lipinski definition) is 2. The monoisotopic (exact) mass is 394 g/mol. The highest BCUT2D eigenvalue weighted by Crippen LogP contribution is 2.17. The molecule has 1 atom stereocenters. The summed E-state index contributed by atoms with van der Waals surface area (Å²) in [4.78, 5) is 18.5. The molecule has 0 aliphatic carbocycles. The molecule has 1 unspecified atom stereocenters. The molecule has 1 fully saturated rings. The van der Waals surface area contributed by atoms with Gasteiger partial charge in [0.25, 0.3) is 0 Å². The molecule has 2 heterocycles. The van der Waals surface area contributed by atoms with Crippen molar-refractivity contribution in [3.8, 4) is 0 Å². The number of amides is 1. The molecule has 138 valence electrons. The van der Waals surface area contributed by atoms with Gasteiger partial charge in [-0.05, 0) is 36.8 Å². The molecule has 0 bridgehead atoms. The van der Waals surface area contributed by atoms with Gasteiger partial charge in [0.2, 0.25) is 15.9 Å². The minimum absolute atomic E-state index is 0.0278. The molecule has 9 heteroatoms. The summed E-state index contributed by atoms with van der Waals surface area (Å²) in [5, 5.41) is 3.17. The molecule has 1 aliphatic rings. The predicted molar refractivity (Wildman–Crippen MR) is 99.6 cm³/mol. The minimum Gasteiger partial charge on any atom is -0.354 e. The first kappa shape index (κ1) is 18.6. The normalized spacial score (nSPS) is 17.3. The first-order chi connectivity index (χ1) is 12.4. The zero-order chi connectivity index (χ0) is 18.6. The number of hydrogen-bond acceptors (Lipinski definition) is 5. The number of pyridine rings is 1. The highest BCUT2D eigenvalue weighted by atomic mass is 35.5. The molecular formula is C17H19ClN4O3S. The van der Waals surface area contributed by atoms with E-state index in [2.05, 4.69) is 19.9 Å². The van der Waals surface area contributed by atoms with Crippen molar-refractivity contribution in [3.05, 3.63) is 53.7 Å². The number of sulfonamides is 1. The molecule has 26 heavy (non-hydrogen) atoms. The number of halogens is 1. The van der Waals surface area contributed by atoms with Crippen LogP contribution in [-0.2, 0) is 14.8 Å². The van der Waals surface area contributed by atoms with Gasteiger partial charge >= 0.3 is 0 Å². The fourth-order valence-corrected chi connectivity index (χ4v) is 4.07. The Morgan fingerprint density at radius 3 is 2.85 bits per heavy atom. The van der Waals surface area contributed by atoms with Gasteiger partial charge < -0.3 is 10.2 Å². The maximum absolute atomic E-state index is 12.2. The molecule has 0 radical (unpaired) electrons. The maximum Gasteiger partial charge on any atom is 0.241 e. The van der Waals surface area contributed by atoms with Crippen LogP contribution in [0.15, 0.2) is 53.6 Å². The van der Waals surface area contributed by atoms with E-state index < -0.39 is 10.0 Å². The topological polar surface area (TPSA) is 91.4 Å². The van der Waals surface area contributed by atoms with Crippen LogP contribution in [0.25, 0.3) is 0 Å². The second kappa shape index (κ2) is 8.03. The fraction of sp³-hybridized carbons (Fsp3) is 0.294. The summed E-state index contributed by atoms with van der Waals surface area (Å²) in [6.07, 6.45) is 2.51. The summed E-state index contributed by atoms with van der Waals surface area (Å²) in [7, 11) is -3.78. The Morgan fingerprint density at radius 2 is 2.12 bits per heavy atom. The average molecular weight is 395 g/mol. The third-order valence-corrected chi connectivity index (χ3v) is 5.69. The van der Waals surface area contributed by atoms with Gasteiger partial charge in [-0.2, -0.15) is 0 Å². The molecule has 1 saturated heterocycles. The number of benzene rings is 1. The largest absolute Gasteiger partial charge is 0.354 e. The van der Waals surface area contributed by atoms with Crippen molar-refractivity contribution in [2.45, 2.75) is 17.4 Å². The fourth-order valence-electron chi connectivity index (χ4n) is 2.78. The second-order valence-electron chi connectivity index (χ2n) is 5.97. The van der Waals surface area contributed by atoms with E-state index in [1.54, 1.807) is 18.3 Å². The highest BCUT2D eigenvalue weighted by Gasteiger charge is 2.25. The molecule has 0 saturated carbocycles. The van der Waals surface area contributed by atoms with Crippen LogP contribution in [0, 0.1) is 0 Å². The molecule has 2 N–H and O–H groups in total. The number of rotatable bonds is 6. The van der Waals surface area contributed by atoms with Gasteiger partial charge in [0.15, 0.2) is 0 Å². The molecule has 3 rings (SSSR count). The Hall–Kier alpha value is -2.16. The molecule has 2 aromatic rings. The molecule has 1 aromatic carbocycles. The molecule has 0 spiro atoms. The smallest absolute Gasteiger partial charge is 0.241 e. The summed E-state index contributed by atoms with van der Waals surface area (Å²) in [5.41, 5.74) is 0. The average Bonchev–Trinajstić information content (AvgIpc) is 3.09. The number of carbonyl (C=O) groups is 1. The van der Waals surface area contributed by atoms with Gasteiger partial charge in [-0.3, -0.25) is 4.79 Å². The molecule has 1 amide bonds. The lowest BCUT2D eigenvalue weighted by Crippen LogP contribution is -2.43. The van der Waals surface area contributed by atoms with Crippen molar-refractivity contribution in [3.63, 3.8) is 0 Å². The van der Waals surface area contributed by atoms with E-state index >= 15 is 0 Å². The Morgan fingerprint density at radius 1 is 1.27 bits per heavy atom. The Kier molecular flexibility index (Phi) is 5.75. The van der Waals surface area contributed by atoms with Crippen molar-refractivity contribution < 1.29 is 13.2 Å². The van der Waals surface area contributed by atoms with E-state index in [1.807, 2.05) is 18.2 Å². The van der Waals surface area contributed by atoms with Crippen LogP contribution >= 0.6 is 11.6 Å². The van der Waals surface area contributed by atoms with E-state index in [-0.39, 0.29) is 23.4 Å². The summed E-state index contributed by atoms with van der Waals surface area (Å²) in [5.74, 6) is 0.495. The first-order valence-electron chi connectivity index (χ1n) is 8.14. The van der Waals surface area contributed by atoms with Crippen LogP contribution in [0.3, 0.4) is 0 Å². The summed E-state index contributed by atoms with van der Waals surface area (Å²) < 4.78 is 26.7. The van der Waals surface area contributed by atoms with Crippen molar-refractivity contribution in [2.75, 3.05) is 24.5 Å². The van der Waals surface area contributed by atoms with E-state index in [0.717, 1.165) is 18.8 Å². The third-order valence-electron chi connectivity index (χ3n) is 4.06. The third kappa shape index (κ3) is 4.72. The lowest BCUT2D eigenvalue weighted by molar-refractivity contribution is -0.120. The second-order valence-corrected chi connectivity index (χ2v) is 8.17. The number of carbonyl (C=O) groups excluding carboxylic acids is 1. The Bertz CT molecular complexity index is 877. The maximum atomic E-state index is 12.2. The number of nitrogens with one attached hydrogen (secondary N) is 2. The number of aromatic nitrogens is 1. The number of nitrogens with zero attached hydrogens (tertiary/aromatic N) is 2. The van der Waals surface area contributed by atoms with Crippen LogP contribution in [-0.4, -0.2) is 45.0 Å². The zero-order valence-electron chi connectivity index (χ0n) is 13.9. The van der Waals surface area contributed by atoms with Crippen LogP contribution in [0.5, 0.6) is 0 Å². The Labute approximate surface area is 157 Å².